The van der Waals surface area contributed by atoms with Crippen LogP contribution in [0.3, 0.4) is 0 Å². The third-order valence-electron chi connectivity index (χ3n) is 4.84. The number of morpholine rings is 1. The van der Waals surface area contributed by atoms with Crippen molar-refractivity contribution in [2.75, 3.05) is 38.2 Å². The first-order valence-corrected chi connectivity index (χ1v) is 11.0. The van der Waals surface area contributed by atoms with Crippen molar-refractivity contribution in [3.8, 4) is 0 Å². The Morgan fingerprint density at radius 2 is 1.93 bits per heavy atom. The SMILES string of the molecule is CCOC(=O)c1c(C)[nH]c(C(=O)Nc2cccc(S(=O)(=O)N3CCOCC3)c2)c1C. The predicted molar refractivity (Wildman–Crippen MR) is 110 cm³/mol. The number of benzene rings is 1. The highest BCUT2D eigenvalue weighted by Gasteiger charge is 2.27. The molecule has 9 nitrogen and oxygen atoms in total. The van der Waals surface area contributed by atoms with Crippen LogP contribution in [-0.2, 0) is 19.5 Å². The minimum absolute atomic E-state index is 0.0915. The molecule has 0 bridgehead atoms. The summed E-state index contributed by atoms with van der Waals surface area (Å²) in [5.41, 5.74) is 1.88. The summed E-state index contributed by atoms with van der Waals surface area (Å²) in [5.74, 6) is -0.978. The molecule has 1 amide bonds. The van der Waals surface area contributed by atoms with Gasteiger partial charge in [0.2, 0.25) is 10.0 Å². The molecule has 1 aromatic heterocycles. The average Bonchev–Trinajstić information content (AvgIpc) is 3.03. The maximum Gasteiger partial charge on any atom is 0.340 e. The zero-order valence-corrected chi connectivity index (χ0v) is 18.0. The molecule has 2 heterocycles. The third-order valence-corrected chi connectivity index (χ3v) is 6.74. The lowest BCUT2D eigenvalue weighted by molar-refractivity contribution is 0.0525. The standard InChI is InChI=1S/C20H25N3O6S/c1-4-29-20(25)17-13(2)18(21-14(17)3)19(24)22-15-6-5-7-16(12-15)30(26,27)23-8-10-28-11-9-23/h5-7,12,21H,4,8-11H2,1-3H3,(H,22,24). The van der Waals surface area contributed by atoms with Crippen LogP contribution >= 0.6 is 0 Å². The van der Waals surface area contributed by atoms with E-state index in [1.54, 1.807) is 32.9 Å². The smallest absolute Gasteiger partial charge is 0.340 e. The van der Waals surface area contributed by atoms with E-state index in [4.69, 9.17) is 9.47 Å². The number of anilines is 1. The number of amides is 1. The highest BCUT2D eigenvalue weighted by atomic mass is 32.2. The van der Waals surface area contributed by atoms with E-state index in [0.29, 0.717) is 35.7 Å². The minimum Gasteiger partial charge on any atom is -0.462 e. The lowest BCUT2D eigenvalue weighted by Gasteiger charge is -2.26. The number of nitrogens with zero attached hydrogens (tertiary/aromatic N) is 1. The number of hydrogen-bond acceptors (Lipinski definition) is 6. The lowest BCUT2D eigenvalue weighted by Crippen LogP contribution is -2.40. The van der Waals surface area contributed by atoms with Crippen molar-refractivity contribution < 1.29 is 27.5 Å². The molecule has 1 saturated heterocycles. The van der Waals surface area contributed by atoms with E-state index in [1.807, 2.05) is 0 Å². The topological polar surface area (TPSA) is 118 Å². The number of aromatic amines is 1. The molecule has 1 aliphatic heterocycles. The van der Waals surface area contributed by atoms with E-state index < -0.39 is 21.9 Å². The van der Waals surface area contributed by atoms with E-state index >= 15 is 0 Å². The fourth-order valence-electron chi connectivity index (χ4n) is 3.35. The summed E-state index contributed by atoms with van der Waals surface area (Å²) in [4.78, 5) is 27.9. The molecule has 0 unspecified atom stereocenters. The normalized spacial score (nSPS) is 15.0. The largest absolute Gasteiger partial charge is 0.462 e. The molecule has 10 heteroatoms. The maximum absolute atomic E-state index is 12.8. The number of sulfonamides is 1. The van der Waals surface area contributed by atoms with Crippen molar-refractivity contribution in [1.29, 1.82) is 0 Å². The number of ether oxygens (including phenoxy) is 2. The molecule has 2 N–H and O–H groups in total. The number of carbonyl (C=O) groups excluding carboxylic acids is 2. The number of rotatable bonds is 6. The minimum atomic E-state index is -3.68. The van der Waals surface area contributed by atoms with E-state index in [-0.39, 0.29) is 30.3 Å². The summed E-state index contributed by atoms with van der Waals surface area (Å²) in [7, 11) is -3.68. The molecule has 1 fully saturated rings. The van der Waals surface area contributed by atoms with Crippen LogP contribution in [0.2, 0.25) is 0 Å². The van der Waals surface area contributed by atoms with Crippen LogP contribution < -0.4 is 5.32 Å². The maximum atomic E-state index is 12.8. The monoisotopic (exact) mass is 435 g/mol. The van der Waals surface area contributed by atoms with Crippen molar-refractivity contribution in [2.45, 2.75) is 25.7 Å². The fraction of sp³-hybridized carbons (Fsp3) is 0.400. The predicted octanol–water partition coefficient (Wildman–Crippen LogP) is 2.08. The van der Waals surface area contributed by atoms with Crippen molar-refractivity contribution in [3.63, 3.8) is 0 Å². The molecule has 1 aromatic carbocycles. The summed E-state index contributed by atoms with van der Waals surface area (Å²) in [6, 6.07) is 6.08. The zero-order valence-electron chi connectivity index (χ0n) is 17.1. The summed E-state index contributed by atoms with van der Waals surface area (Å²) in [6.45, 7) is 6.56. The molecular weight excluding hydrogens is 410 g/mol. The van der Waals surface area contributed by atoms with Crippen LogP contribution in [0.25, 0.3) is 0 Å². The number of carbonyl (C=O) groups is 2. The van der Waals surface area contributed by atoms with Crippen molar-refractivity contribution in [3.05, 3.63) is 46.8 Å². The Morgan fingerprint density at radius 1 is 1.23 bits per heavy atom. The van der Waals surface area contributed by atoms with Crippen LogP contribution in [0.1, 0.15) is 39.0 Å². The number of aromatic nitrogens is 1. The van der Waals surface area contributed by atoms with E-state index in [2.05, 4.69) is 10.3 Å². The van der Waals surface area contributed by atoms with Crippen LogP contribution in [0, 0.1) is 13.8 Å². The second kappa shape index (κ2) is 8.99. The Hall–Kier alpha value is -2.69. The van der Waals surface area contributed by atoms with Gasteiger partial charge in [-0.05, 0) is 44.5 Å². The molecule has 162 valence electrons. The van der Waals surface area contributed by atoms with Crippen LogP contribution in [0.4, 0.5) is 5.69 Å². The Balaban J connectivity index is 1.82. The van der Waals surface area contributed by atoms with Crippen molar-refractivity contribution >= 4 is 27.6 Å². The number of H-pyrrole nitrogens is 1. The number of hydrogen-bond donors (Lipinski definition) is 2. The van der Waals surface area contributed by atoms with Gasteiger partial charge in [-0.25, -0.2) is 13.2 Å². The molecule has 0 aliphatic carbocycles. The Kier molecular flexibility index (Phi) is 6.59. The van der Waals surface area contributed by atoms with E-state index in [1.165, 1.54) is 16.4 Å². The zero-order chi connectivity index (χ0) is 21.9. The van der Waals surface area contributed by atoms with Gasteiger partial charge in [-0.1, -0.05) is 6.07 Å². The quantitative estimate of drug-likeness (QED) is 0.671. The second-order valence-electron chi connectivity index (χ2n) is 6.84. The van der Waals surface area contributed by atoms with Gasteiger partial charge in [0.25, 0.3) is 5.91 Å². The summed E-state index contributed by atoms with van der Waals surface area (Å²) in [6.07, 6.45) is 0. The van der Waals surface area contributed by atoms with Gasteiger partial charge in [-0.15, -0.1) is 0 Å². The fourth-order valence-corrected chi connectivity index (χ4v) is 4.80. The van der Waals surface area contributed by atoms with Gasteiger partial charge in [0.1, 0.15) is 5.69 Å². The van der Waals surface area contributed by atoms with E-state index in [9.17, 15) is 18.0 Å². The number of esters is 1. The highest BCUT2D eigenvalue weighted by molar-refractivity contribution is 7.89. The molecule has 0 atom stereocenters. The van der Waals surface area contributed by atoms with Gasteiger partial charge in [0, 0.05) is 24.5 Å². The summed E-state index contributed by atoms with van der Waals surface area (Å²) < 4.78 is 37.3. The van der Waals surface area contributed by atoms with Gasteiger partial charge >= 0.3 is 5.97 Å². The van der Waals surface area contributed by atoms with Gasteiger partial charge < -0.3 is 19.8 Å². The van der Waals surface area contributed by atoms with Crippen molar-refractivity contribution in [1.82, 2.24) is 9.29 Å². The van der Waals surface area contributed by atoms with Gasteiger partial charge in [0.05, 0.1) is 30.3 Å². The lowest BCUT2D eigenvalue weighted by atomic mass is 10.1. The number of nitrogens with one attached hydrogen (secondary N) is 2. The van der Waals surface area contributed by atoms with Gasteiger partial charge in [0.15, 0.2) is 0 Å². The molecule has 0 radical (unpaired) electrons. The van der Waals surface area contributed by atoms with Gasteiger partial charge in [-0.2, -0.15) is 4.31 Å². The van der Waals surface area contributed by atoms with Crippen LogP contribution in [0.15, 0.2) is 29.2 Å². The summed E-state index contributed by atoms with van der Waals surface area (Å²) >= 11 is 0. The average molecular weight is 436 g/mol. The van der Waals surface area contributed by atoms with E-state index in [0.717, 1.165) is 0 Å². The molecule has 0 spiro atoms. The first-order valence-electron chi connectivity index (χ1n) is 9.61. The Morgan fingerprint density at radius 3 is 2.60 bits per heavy atom. The molecule has 1 aliphatic rings. The molecule has 30 heavy (non-hydrogen) atoms. The Bertz CT molecular complexity index is 1050. The first kappa shape index (κ1) is 22.0. The van der Waals surface area contributed by atoms with Crippen LogP contribution in [-0.4, -0.2) is 62.5 Å². The first-order chi connectivity index (χ1) is 14.3. The van der Waals surface area contributed by atoms with Crippen molar-refractivity contribution in [2.24, 2.45) is 0 Å². The number of aryl methyl sites for hydroxylation is 1. The summed E-state index contributed by atoms with van der Waals surface area (Å²) in [5, 5.41) is 2.70. The molecule has 2 aromatic rings. The highest BCUT2D eigenvalue weighted by Crippen LogP contribution is 2.23. The van der Waals surface area contributed by atoms with Crippen LogP contribution in [0.5, 0.6) is 0 Å². The molecule has 3 rings (SSSR count). The third kappa shape index (κ3) is 4.40. The van der Waals surface area contributed by atoms with Gasteiger partial charge in [-0.3, -0.25) is 4.79 Å². The second-order valence-corrected chi connectivity index (χ2v) is 8.78. The molecule has 0 saturated carbocycles. The molecular formula is C20H25N3O6S. The Labute approximate surface area is 175 Å².